The van der Waals surface area contributed by atoms with E-state index in [1.807, 2.05) is 12.1 Å². The number of nitriles is 1. The van der Waals surface area contributed by atoms with Gasteiger partial charge in [0, 0.05) is 13.0 Å². The van der Waals surface area contributed by atoms with E-state index in [4.69, 9.17) is 9.68 Å². The molecule has 1 fully saturated rings. The highest BCUT2D eigenvalue weighted by molar-refractivity contribution is 5.76. The van der Waals surface area contributed by atoms with Gasteiger partial charge in [0.05, 0.1) is 25.3 Å². The molecule has 5 nitrogen and oxygen atoms in total. The topological polar surface area (TPSA) is 69.3 Å². The molecule has 0 bridgehead atoms. The van der Waals surface area contributed by atoms with Crippen LogP contribution < -0.4 is 5.32 Å². The van der Waals surface area contributed by atoms with Crippen molar-refractivity contribution in [1.82, 2.24) is 10.2 Å². The van der Waals surface area contributed by atoms with E-state index in [0.29, 0.717) is 31.8 Å². The van der Waals surface area contributed by atoms with Crippen LogP contribution in [0.25, 0.3) is 0 Å². The number of nitrogens with zero attached hydrogens (tertiary/aromatic N) is 2. The number of carbonyl (C=O) groups is 1. The Labute approximate surface area is 125 Å². The van der Waals surface area contributed by atoms with Crippen LogP contribution in [0.15, 0.2) is 22.8 Å². The van der Waals surface area contributed by atoms with Gasteiger partial charge < -0.3 is 14.6 Å². The first kappa shape index (κ1) is 15.6. The molecule has 1 aromatic rings. The van der Waals surface area contributed by atoms with Gasteiger partial charge in [0.25, 0.3) is 0 Å². The van der Waals surface area contributed by atoms with Gasteiger partial charge >= 0.3 is 0 Å². The third kappa shape index (κ3) is 5.24. The second-order valence-corrected chi connectivity index (χ2v) is 5.53. The Hall–Kier alpha value is -1.80. The maximum absolute atomic E-state index is 12.4. The van der Waals surface area contributed by atoms with E-state index in [0.717, 1.165) is 38.1 Å². The summed E-state index contributed by atoms with van der Waals surface area (Å²) in [6, 6.07) is 5.78. The second-order valence-electron chi connectivity index (χ2n) is 5.53. The summed E-state index contributed by atoms with van der Waals surface area (Å²) >= 11 is 0. The number of furan rings is 1. The van der Waals surface area contributed by atoms with Crippen molar-refractivity contribution in [3.05, 3.63) is 24.2 Å². The molecule has 0 unspecified atom stereocenters. The molecule has 0 radical (unpaired) electrons. The number of carbonyl (C=O) groups excluding carboxylic acids is 1. The summed E-state index contributed by atoms with van der Waals surface area (Å²) in [6.45, 7) is 3.05. The van der Waals surface area contributed by atoms with Gasteiger partial charge in [-0.1, -0.05) is 0 Å². The van der Waals surface area contributed by atoms with Crippen LogP contribution in [-0.2, 0) is 11.3 Å². The van der Waals surface area contributed by atoms with E-state index < -0.39 is 0 Å². The normalized spacial score (nSPS) is 15.6. The zero-order valence-electron chi connectivity index (χ0n) is 12.4. The van der Waals surface area contributed by atoms with Crippen LogP contribution in [0.1, 0.15) is 37.9 Å². The highest BCUT2D eigenvalue weighted by Gasteiger charge is 2.18. The molecular formula is C16H23N3O2. The number of nitrogens with one attached hydrogen (secondary N) is 1. The molecule has 1 aliphatic heterocycles. The molecule has 1 aliphatic rings. The fourth-order valence-electron chi connectivity index (χ4n) is 2.72. The summed E-state index contributed by atoms with van der Waals surface area (Å²) in [5, 5.41) is 12.1. The monoisotopic (exact) mass is 289 g/mol. The third-order valence-corrected chi connectivity index (χ3v) is 4.00. The van der Waals surface area contributed by atoms with Crippen molar-refractivity contribution in [2.45, 2.75) is 38.6 Å². The lowest BCUT2D eigenvalue weighted by molar-refractivity contribution is -0.132. The molecule has 2 rings (SSSR count). The molecule has 21 heavy (non-hydrogen) atoms. The van der Waals surface area contributed by atoms with E-state index in [2.05, 4.69) is 11.4 Å². The minimum atomic E-state index is 0.125. The molecule has 2 heterocycles. The number of hydrogen-bond donors (Lipinski definition) is 1. The Kier molecular flexibility index (Phi) is 6.29. The smallest absolute Gasteiger partial charge is 0.223 e. The van der Waals surface area contributed by atoms with E-state index in [1.54, 1.807) is 11.2 Å². The lowest BCUT2D eigenvalue weighted by atomic mass is 9.93. The SMILES string of the molecule is N#CCCN(Cc1ccco1)C(=O)CCC1CCNCC1. The Bertz CT molecular complexity index is 458. The van der Waals surface area contributed by atoms with Gasteiger partial charge in [0.1, 0.15) is 5.76 Å². The quantitative estimate of drug-likeness (QED) is 0.836. The van der Waals surface area contributed by atoms with Crippen LogP contribution in [-0.4, -0.2) is 30.4 Å². The summed E-state index contributed by atoms with van der Waals surface area (Å²) < 4.78 is 5.30. The van der Waals surface area contributed by atoms with Crippen molar-refractivity contribution in [2.75, 3.05) is 19.6 Å². The van der Waals surface area contributed by atoms with Crippen molar-refractivity contribution in [3.8, 4) is 6.07 Å². The molecule has 1 amide bonds. The lowest BCUT2D eigenvalue weighted by Gasteiger charge is -2.24. The van der Waals surface area contributed by atoms with Crippen LogP contribution in [0, 0.1) is 17.2 Å². The lowest BCUT2D eigenvalue weighted by Crippen LogP contribution is -2.32. The largest absolute Gasteiger partial charge is 0.467 e. The first-order chi connectivity index (χ1) is 10.3. The number of rotatable bonds is 7. The van der Waals surface area contributed by atoms with Gasteiger partial charge in [-0.3, -0.25) is 4.79 Å². The Morgan fingerprint density at radius 3 is 2.95 bits per heavy atom. The molecular weight excluding hydrogens is 266 g/mol. The van der Waals surface area contributed by atoms with Crippen LogP contribution in [0.3, 0.4) is 0 Å². The number of piperidine rings is 1. The summed E-state index contributed by atoms with van der Waals surface area (Å²) in [7, 11) is 0. The molecule has 1 saturated heterocycles. The number of amides is 1. The first-order valence-electron chi connectivity index (χ1n) is 7.67. The van der Waals surface area contributed by atoms with E-state index >= 15 is 0 Å². The summed E-state index contributed by atoms with van der Waals surface area (Å²) in [5.41, 5.74) is 0. The zero-order chi connectivity index (χ0) is 14.9. The van der Waals surface area contributed by atoms with Crippen molar-refractivity contribution in [2.24, 2.45) is 5.92 Å². The Balaban J connectivity index is 1.82. The third-order valence-electron chi connectivity index (χ3n) is 4.00. The fraction of sp³-hybridized carbons (Fsp3) is 0.625. The minimum Gasteiger partial charge on any atom is -0.467 e. The van der Waals surface area contributed by atoms with Crippen molar-refractivity contribution >= 4 is 5.91 Å². The zero-order valence-corrected chi connectivity index (χ0v) is 12.4. The standard InChI is InChI=1S/C16H23N3O2/c17-8-2-11-19(13-15-3-1-12-21-15)16(20)5-4-14-6-9-18-10-7-14/h1,3,12,14,18H,2,4-7,9-11,13H2. The summed E-state index contributed by atoms with van der Waals surface area (Å²) in [4.78, 5) is 14.1. The van der Waals surface area contributed by atoms with Crippen molar-refractivity contribution < 1.29 is 9.21 Å². The van der Waals surface area contributed by atoms with Gasteiger partial charge in [-0.25, -0.2) is 0 Å². The second kappa shape index (κ2) is 8.48. The maximum atomic E-state index is 12.4. The van der Waals surface area contributed by atoms with Gasteiger partial charge in [-0.05, 0) is 50.4 Å². The summed E-state index contributed by atoms with van der Waals surface area (Å²) in [5.74, 6) is 1.54. The van der Waals surface area contributed by atoms with Gasteiger partial charge in [0.2, 0.25) is 5.91 Å². The van der Waals surface area contributed by atoms with Crippen molar-refractivity contribution in [3.63, 3.8) is 0 Å². The highest BCUT2D eigenvalue weighted by Crippen LogP contribution is 2.19. The molecule has 0 aromatic carbocycles. The van der Waals surface area contributed by atoms with Crippen LogP contribution >= 0.6 is 0 Å². The molecule has 0 spiro atoms. The molecule has 1 N–H and O–H groups in total. The average molecular weight is 289 g/mol. The highest BCUT2D eigenvalue weighted by atomic mass is 16.3. The van der Waals surface area contributed by atoms with E-state index in [-0.39, 0.29) is 5.91 Å². The summed E-state index contributed by atoms with van der Waals surface area (Å²) in [6.07, 6.45) is 5.79. The minimum absolute atomic E-state index is 0.125. The van der Waals surface area contributed by atoms with Gasteiger partial charge in [-0.15, -0.1) is 0 Å². The molecule has 114 valence electrons. The Morgan fingerprint density at radius 1 is 1.48 bits per heavy atom. The van der Waals surface area contributed by atoms with Crippen LogP contribution in [0.4, 0.5) is 0 Å². The molecule has 0 atom stereocenters. The number of hydrogen-bond acceptors (Lipinski definition) is 4. The molecule has 1 aromatic heterocycles. The fourth-order valence-corrected chi connectivity index (χ4v) is 2.72. The van der Waals surface area contributed by atoms with Gasteiger partial charge in [0.15, 0.2) is 0 Å². The average Bonchev–Trinajstić information content (AvgIpc) is 3.03. The van der Waals surface area contributed by atoms with Crippen LogP contribution in [0.5, 0.6) is 0 Å². The van der Waals surface area contributed by atoms with E-state index in [9.17, 15) is 4.79 Å². The maximum Gasteiger partial charge on any atom is 0.223 e. The van der Waals surface area contributed by atoms with Gasteiger partial charge in [-0.2, -0.15) is 5.26 Å². The first-order valence-corrected chi connectivity index (χ1v) is 7.67. The van der Waals surface area contributed by atoms with E-state index in [1.165, 1.54) is 0 Å². The molecule has 5 heteroatoms. The molecule has 0 aliphatic carbocycles. The predicted molar refractivity (Wildman–Crippen MR) is 79.2 cm³/mol. The van der Waals surface area contributed by atoms with Crippen LogP contribution in [0.2, 0.25) is 0 Å². The van der Waals surface area contributed by atoms with Crippen molar-refractivity contribution in [1.29, 1.82) is 5.26 Å². The Morgan fingerprint density at radius 2 is 2.29 bits per heavy atom. The predicted octanol–water partition coefficient (Wildman–Crippen LogP) is 2.30. The molecule has 0 saturated carbocycles.